The Morgan fingerprint density at radius 1 is 1.21 bits per heavy atom. The van der Waals surface area contributed by atoms with Gasteiger partial charge in [-0.05, 0) is 40.2 Å². The Labute approximate surface area is 127 Å². The standard InChI is InChI=1S/C11H9Br2N3O2S/c12-8-1-2-11(10(13)5-8)19(17,18)16-6-9-3-4-14-7-15-9/h1-5,7,16H,6H2. The molecule has 0 saturated carbocycles. The Morgan fingerprint density at radius 2 is 2.00 bits per heavy atom. The Bertz CT molecular complexity index is 678. The summed E-state index contributed by atoms with van der Waals surface area (Å²) in [4.78, 5) is 7.91. The summed E-state index contributed by atoms with van der Waals surface area (Å²) in [6, 6.07) is 6.53. The van der Waals surface area contributed by atoms with Crippen molar-refractivity contribution in [3.05, 3.63) is 51.4 Å². The molecule has 0 fully saturated rings. The van der Waals surface area contributed by atoms with Gasteiger partial charge in [0.1, 0.15) is 6.33 Å². The number of nitrogens with zero attached hydrogens (tertiary/aromatic N) is 2. The van der Waals surface area contributed by atoms with E-state index in [-0.39, 0.29) is 11.4 Å². The molecule has 100 valence electrons. The molecule has 0 bridgehead atoms. The van der Waals surface area contributed by atoms with Crippen LogP contribution < -0.4 is 4.72 Å². The van der Waals surface area contributed by atoms with Gasteiger partial charge in [-0.15, -0.1) is 0 Å². The number of halogens is 2. The number of aromatic nitrogens is 2. The van der Waals surface area contributed by atoms with Gasteiger partial charge in [-0.1, -0.05) is 15.9 Å². The number of rotatable bonds is 4. The second-order valence-electron chi connectivity index (χ2n) is 3.60. The molecule has 2 rings (SSSR count). The van der Waals surface area contributed by atoms with E-state index in [0.29, 0.717) is 10.2 Å². The number of hydrogen-bond acceptors (Lipinski definition) is 4. The van der Waals surface area contributed by atoms with Gasteiger partial charge in [0.25, 0.3) is 0 Å². The lowest BCUT2D eigenvalue weighted by atomic mass is 10.4. The molecule has 0 aliphatic carbocycles. The van der Waals surface area contributed by atoms with Gasteiger partial charge in [0.05, 0.1) is 17.1 Å². The summed E-state index contributed by atoms with van der Waals surface area (Å²) in [6.45, 7) is 0.118. The first-order valence-corrected chi connectivity index (χ1v) is 8.25. The van der Waals surface area contributed by atoms with Crippen molar-refractivity contribution in [2.75, 3.05) is 0 Å². The molecule has 5 nitrogen and oxygen atoms in total. The van der Waals surface area contributed by atoms with Crippen molar-refractivity contribution in [3.8, 4) is 0 Å². The molecule has 0 unspecified atom stereocenters. The molecule has 2 aromatic rings. The van der Waals surface area contributed by atoms with Crippen LogP contribution in [0.5, 0.6) is 0 Å². The molecule has 8 heteroatoms. The Kier molecular flexibility index (Phi) is 4.67. The maximum atomic E-state index is 12.1. The maximum absolute atomic E-state index is 12.1. The van der Waals surface area contributed by atoms with Crippen molar-refractivity contribution in [1.82, 2.24) is 14.7 Å². The summed E-state index contributed by atoms with van der Waals surface area (Å²) in [5.41, 5.74) is 0.604. The van der Waals surface area contributed by atoms with Crippen LogP contribution in [0.4, 0.5) is 0 Å². The molecule has 1 aromatic heterocycles. The highest BCUT2D eigenvalue weighted by atomic mass is 79.9. The van der Waals surface area contributed by atoms with Crippen molar-refractivity contribution >= 4 is 41.9 Å². The van der Waals surface area contributed by atoms with Crippen LogP contribution in [0, 0.1) is 0 Å². The number of sulfonamides is 1. The van der Waals surface area contributed by atoms with E-state index in [1.165, 1.54) is 12.4 Å². The largest absolute Gasteiger partial charge is 0.245 e. The van der Waals surface area contributed by atoms with Gasteiger partial charge < -0.3 is 0 Å². The smallest absolute Gasteiger partial charge is 0.242 e. The first-order valence-electron chi connectivity index (χ1n) is 5.18. The predicted molar refractivity (Wildman–Crippen MR) is 77.9 cm³/mol. The molecule has 1 N–H and O–H groups in total. The summed E-state index contributed by atoms with van der Waals surface area (Å²) in [6.07, 6.45) is 2.94. The average Bonchev–Trinajstić information content (AvgIpc) is 2.37. The molecule has 1 aromatic carbocycles. The molecular formula is C11H9Br2N3O2S. The van der Waals surface area contributed by atoms with E-state index < -0.39 is 10.0 Å². The molecule has 19 heavy (non-hydrogen) atoms. The molecule has 0 atom stereocenters. The summed E-state index contributed by atoms with van der Waals surface area (Å²) >= 11 is 6.51. The van der Waals surface area contributed by atoms with Crippen molar-refractivity contribution in [3.63, 3.8) is 0 Å². The summed E-state index contributed by atoms with van der Waals surface area (Å²) in [5, 5.41) is 0. The van der Waals surface area contributed by atoms with Gasteiger partial charge in [-0.3, -0.25) is 0 Å². The molecular weight excluding hydrogens is 398 g/mol. The number of nitrogens with one attached hydrogen (secondary N) is 1. The van der Waals surface area contributed by atoms with E-state index in [0.717, 1.165) is 4.47 Å². The minimum atomic E-state index is -3.58. The fourth-order valence-corrected chi connectivity index (χ4v) is 4.11. The van der Waals surface area contributed by atoms with Crippen LogP contribution in [0.15, 0.2) is 50.6 Å². The molecule has 0 spiro atoms. The highest BCUT2D eigenvalue weighted by molar-refractivity contribution is 9.11. The fraction of sp³-hybridized carbons (Fsp3) is 0.0909. The zero-order chi connectivity index (χ0) is 13.9. The van der Waals surface area contributed by atoms with Gasteiger partial charge in [0, 0.05) is 15.1 Å². The minimum Gasteiger partial charge on any atom is -0.245 e. The van der Waals surface area contributed by atoms with Gasteiger partial charge in [0.2, 0.25) is 10.0 Å². The van der Waals surface area contributed by atoms with Crippen molar-refractivity contribution in [2.24, 2.45) is 0 Å². The molecule has 0 amide bonds. The molecule has 0 saturated heterocycles. The Hall–Kier alpha value is -0.830. The number of hydrogen-bond donors (Lipinski definition) is 1. The van der Waals surface area contributed by atoms with Crippen LogP contribution in [0.2, 0.25) is 0 Å². The minimum absolute atomic E-state index is 0.118. The molecule has 1 heterocycles. The predicted octanol–water partition coefficient (Wildman–Crippen LogP) is 2.48. The van der Waals surface area contributed by atoms with Crippen LogP contribution in [0.25, 0.3) is 0 Å². The van der Waals surface area contributed by atoms with Crippen LogP contribution >= 0.6 is 31.9 Å². The zero-order valence-corrected chi connectivity index (χ0v) is 13.5. The summed E-state index contributed by atoms with van der Waals surface area (Å²) < 4.78 is 28.1. The third-order valence-corrected chi connectivity index (χ3v) is 5.14. The molecule has 0 radical (unpaired) electrons. The van der Waals surface area contributed by atoms with E-state index >= 15 is 0 Å². The lowest BCUT2D eigenvalue weighted by Crippen LogP contribution is -2.24. The second-order valence-corrected chi connectivity index (χ2v) is 7.11. The Balaban J connectivity index is 2.19. The molecule has 0 aliphatic rings. The molecule has 0 aliphatic heterocycles. The van der Waals surface area contributed by atoms with Gasteiger partial charge in [-0.2, -0.15) is 0 Å². The van der Waals surface area contributed by atoms with Crippen LogP contribution in [-0.4, -0.2) is 18.4 Å². The highest BCUT2D eigenvalue weighted by Crippen LogP contribution is 2.25. The normalized spacial score (nSPS) is 11.5. The highest BCUT2D eigenvalue weighted by Gasteiger charge is 2.17. The Morgan fingerprint density at radius 3 is 2.63 bits per heavy atom. The van der Waals surface area contributed by atoms with E-state index in [9.17, 15) is 8.42 Å². The van der Waals surface area contributed by atoms with Crippen LogP contribution in [-0.2, 0) is 16.6 Å². The van der Waals surface area contributed by atoms with E-state index in [1.807, 2.05) is 0 Å². The third-order valence-electron chi connectivity index (χ3n) is 2.27. The fourth-order valence-electron chi connectivity index (χ4n) is 1.36. The average molecular weight is 407 g/mol. The van der Waals surface area contributed by atoms with Crippen LogP contribution in [0.3, 0.4) is 0 Å². The van der Waals surface area contributed by atoms with Crippen molar-refractivity contribution in [2.45, 2.75) is 11.4 Å². The first-order chi connectivity index (χ1) is 8.99. The van der Waals surface area contributed by atoms with Crippen LogP contribution in [0.1, 0.15) is 5.69 Å². The summed E-state index contributed by atoms with van der Waals surface area (Å²) in [5.74, 6) is 0. The van der Waals surface area contributed by atoms with E-state index in [1.54, 1.807) is 24.4 Å². The zero-order valence-electron chi connectivity index (χ0n) is 9.55. The third kappa shape index (κ3) is 3.82. The maximum Gasteiger partial charge on any atom is 0.242 e. The van der Waals surface area contributed by atoms with Gasteiger partial charge >= 0.3 is 0 Å². The SMILES string of the molecule is O=S(=O)(NCc1ccncn1)c1ccc(Br)cc1Br. The monoisotopic (exact) mass is 405 g/mol. The lowest BCUT2D eigenvalue weighted by molar-refractivity contribution is 0.580. The van der Waals surface area contributed by atoms with Crippen molar-refractivity contribution < 1.29 is 8.42 Å². The first kappa shape index (κ1) is 14.6. The number of benzene rings is 1. The second kappa shape index (κ2) is 6.08. The van der Waals surface area contributed by atoms with E-state index in [4.69, 9.17) is 0 Å². The summed E-state index contributed by atoms with van der Waals surface area (Å²) in [7, 11) is -3.58. The van der Waals surface area contributed by atoms with Crippen molar-refractivity contribution in [1.29, 1.82) is 0 Å². The quantitative estimate of drug-likeness (QED) is 0.846. The van der Waals surface area contributed by atoms with E-state index in [2.05, 4.69) is 46.5 Å². The van der Waals surface area contributed by atoms with Gasteiger partial charge in [0.15, 0.2) is 0 Å². The van der Waals surface area contributed by atoms with Gasteiger partial charge in [-0.25, -0.2) is 23.1 Å². The topological polar surface area (TPSA) is 72.0 Å². The lowest BCUT2D eigenvalue weighted by Gasteiger charge is -2.08.